The molecule has 6 heteroatoms. The van der Waals surface area contributed by atoms with Gasteiger partial charge in [0.2, 0.25) is 0 Å². The van der Waals surface area contributed by atoms with Crippen LogP contribution in [0.2, 0.25) is 0 Å². The summed E-state index contributed by atoms with van der Waals surface area (Å²) in [6.07, 6.45) is 1.48. The number of nitrogens with zero attached hydrogens (tertiary/aromatic N) is 1. The van der Waals surface area contributed by atoms with E-state index in [1.54, 1.807) is 43.3 Å². The number of amides is 1. The molecule has 2 rings (SSSR count). The number of ether oxygens (including phenoxy) is 2. The first-order valence-electron chi connectivity index (χ1n) is 7.46. The molecule has 0 unspecified atom stereocenters. The molecule has 2 aromatic rings. The number of rotatable bonds is 7. The van der Waals surface area contributed by atoms with Crippen LogP contribution in [-0.4, -0.2) is 31.3 Å². The summed E-state index contributed by atoms with van der Waals surface area (Å²) in [6, 6.07) is 15.7. The van der Waals surface area contributed by atoms with Crippen LogP contribution in [0.4, 0.5) is 0 Å². The molecule has 1 amide bonds. The third kappa shape index (κ3) is 5.57. The molecule has 0 atom stereocenters. The molecule has 0 saturated carbocycles. The minimum atomic E-state index is -0.368. The molecule has 2 aromatic carbocycles. The van der Waals surface area contributed by atoms with Crippen LogP contribution in [-0.2, 0) is 9.53 Å². The topological polar surface area (TPSA) is 77.0 Å². The Morgan fingerprint density at radius 1 is 1.08 bits per heavy atom. The highest BCUT2D eigenvalue weighted by Crippen LogP contribution is 2.07. The molecule has 0 aliphatic rings. The predicted molar refractivity (Wildman–Crippen MR) is 90.1 cm³/mol. The van der Waals surface area contributed by atoms with E-state index in [1.165, 1.54) is 6.21 Å². The summed E-state index contributed by atoms with van der Waals surface area (Å²) in [7, 11) is 0. The zero-order valence-electron chi connectivity index (χ0n) is 13.3. The molecule has 0 bridgehead atoms. The van der Waals surface area contributed by atoms with E-state index in [4.69, 9.17) is 9.47 Å². The largest absolute Gasteiger partial charge is 0.484 e. The number of carbonyl (C=O) groups is 2. The van der Waals surface area contributed by atoms with Gasteiger partial charge in [-0.3, -0.25) is 4.79 Å². The first kappa shape index (κ1) is 17.2. The van der Waals surface area contributed by atoms with Crippen molar-refractivity contribution in [1.82, 2.24) is 5.43 Å². The second-order valence-electron chi connectivity index (χ2n) is 4.74. The summed E-state index contributed by atoms with van der Waals surface area (Å²) >= 11 is 0. The molecule has 1 N–H and O–H groups in total. The van der Waals surface area contributed by atoms with Crippen molar-refractivity contribution in [3.8, 4) is 5.75 Å². The van der Waals surface area contributed by atoms with E-state index in [1.807, 2.05) is 18.2 Å². The Labute approximate surface area is 140 Å². The van der Waals surface area contributed by atoms with Crippen molar-refractivity contribution in [1.29, 1.82) is 0 Å². The molecule has 0 fully saturated rings. The van der Waals surface area contributed by atoms with E-state index in [0.29, 0.717) is 17.9 Å². The van der Waals surface area contributed by atoms with E-state index in [-0.39, 0.29) is 18.5 Å². The monoisotopic (exact) mass is 326 g/mol. The number of hydrogen-bond donors (Lipinski definition) is 1. The van der Waals surface area contributed by atoms with Crippen LogP contribution < -0.4 is 10.2 Å². The van der Waals surface area contributed by atoms with Crippen LogP contribution in [0.3, 0.4) is 0 Å². The van der Waals surface area contributed by atoms with E-state index in [2.05, 4.69) is 10.5 Å². The fourth-order valence-electron chi connectivity index (χ4n) is 1.80. The molecule has 0 radical (unpaired) electrons. The Morgan fingerprint density at radius 2 is 1.79 bits per heavy atom. The highest BCUT2D eigenvalue weighted by Gasteiger charge is 2.05. The van der Waals surface area contributed by atoms with Gasteiger partial charge >= 0.3 is 5.97 Å². The number of hydrazone groups is 1. The number of para-hydroxylation sites is 1. The molecule has 0 aliphatic carbocycles. The van der Waals surface area contributed by atoms with Gasteiger partial charge in [-0.05, 0) is 36.8 Å². The molecule has 0 aliphatic heterocycles. The van der Waals surface area contributed by atoms with Gasteiger partial charge in [0, 0.05) is 0 Å². The highest BCUT2D eigenvalue weighted by atomic mass is 16.5. The predicted octanol–water partition coefficient (Wildman–Crippen LogP) is 2.39. The number of hydrogen-bond acceptors (Lipinski definition) is 5. The van der Waals surface area contributed by atoms with Gasteiger partial charge in [0.25, 0.3) is 5.91 Å². The second kappa shape index (κ2) is 9.09. The molecule has 0 aromatic heterocycles. The first-order chi connectivity index (χ1) is 11.7. The highest BCUT2D eigenvalue weighted by molar-refractivity contribution is 5.91. The normalized spacial score (nSPS) is 10.4. The molecule has 0 heterocycles. The van der Waals surface area contributed by atoms with Crippen molar-refractivity contribution >= 4 is 18.1 Å². The van der Waals surface area contributed by atoms with Crippen molar-refractivity contribution in [2.45, 2.75) is 6.92 Å². The maximum absolute atomic E-state index is 11.6. The lowest BCUT2D eigenvalue weighted by Gasteiger charge is -2.04. The van der Waals surface area contributed by atoms with Crippen molar-refractivity contribution in [2.75, 3.05) is 13.2 Å². The molecule has 124 valence electrons. The minimum absolute atomic E-state index is 0.122. The van der Waals surface area contributed by atoms with Crippen LogP contribution in [0, 0.1) is 0 Å². The van der Waals surface area contributed by atoms with Gasteiger partial charge in [-0.15, -0.1) is 0 Å². The average molecular weight is 326 g/mol. The van der Waals surface area contributed by atoms with Crippen molar-refractivity contribution in [2.24, 2.45) is 5.10 Å². The Kier molecular flexibility index (Phi) is 6.52. The van der Waals surface area contributed by atoms with E-state index in [9.17, 15) is 9.59 Å². The van der Waals surface area contributed by atoms with Crippen molar-refractivity contribution < 1.29 is 19.1 Å². The zero-order chi connectivity index (χ0) is 17.2. The van der Waals surface area contributed by atoms with Crippen LogP contribution in [0.25, 0.3) is 0 Å². The number of carbonyl (C=O) groups excluding carboxylic acids is 2. The van der Waals surface area contributed by atoms with Gasteiger partial charge in [-0.25, -0.2) is 10.2 Å². The van der Waals surface area contributed by atoms with Crippen molar-refractivity contribution in [3.63, 3.8) is 0 Å². The molecule has 0 saturated heterocycles. The summed E-state index contributed by atoms with van der Waals surface area (Å²) < 4.78 is 10.2. The molecular weight excluding hydrogens is 308 g/mol. The smallest absolute Gasteiger partial charge is 0.338 e. The maximum atomic E-state index is 11.6. The van der Waals surface area contributed by atoms with Crippen LogP contribution >= 0.6 is 0 Å². The summed E-state index contributed by atoms with van der Waals surface area (Å²) in [5.41, 5.74) is 3.58. The maximum Gasteiger partial charge on any atom is 0.338 e. The summed E-state index contributed by atoms with van der Waals surface area (Å²) in [4.78, 5) is 23.1. The number of nitrogens with one attached hydrogen (secondary N) is 1. The van der Waals surface area contributed by atoms with Crippen molar-refractivity contribution in [3.05, 3.63) is 65.7 Å². The van der Waals surface area contributed by atoms with Gasteiger partial charge < -0.3 is 9.47 Å². The number of benzene rings is 2. The van der Waals surface area contributed by atoms with Crippen LogP contribution in [0.15, 0.2) is 59.7 Å². The summed E-state index contributed by atoms with van der Waals surface area (Å²) in [6.45, 7) is 1.96. The van der Waals surface area contributed by atoms with E-state index < -0.39 is 0 Å². The lowest BCUT2D eigenvalue weighted by Crippen LogP contribution is -2.24. The minimum Gasteiger partial charge on any atom is -0.484 e. The number of esters is 1. The van der Waals surface area contributed by atoms with Gasteiger partial charge in [-0.2, -0.15) is 5.10 Å². The van der Waals surface area contributed by atoms with E-state index >= 15 is 0 Å². The summed E-state index contributed by atoms with van der Waals surface area (Å²) in [5.74, 6) is -0.114. The fourth-order valence-corrected chi connectivity index (χ4v) is 1.80. The molecular formula is C18H18N2O4. The molecule has 0 spiro atoms. The quantitative estimate of drug-likeness (QED) is 0.481. The summed E-state index contributed by atoms with van der Waals surface area (Å²) in [5, 5.41) is 3.84. The Bertz CT molecular complexity index is 697. The van der Waals surface area contributed by atoms with Crippen LogP contribution in [0.5, 0.6) is 5.75 Å². The molecule has 24 heavy (non-hydrogen) atoms. The Balaban J connectivity index is 1.78. The van der Waals surface area contributed by atoms with Gasteiger partial charge in [0.15, 0.2) is 6.61 Å². The van der Waals surface area contributed by atoms with Gasteiger partial charge in [-0.1, -0.05) is 30.3 Å². The first-order valence-corrected chi connectivity index (χ1v) is 7.46. The Hall–Kier alpha value is -3.15. The van der Waals surface area contributed by atoms with Gasteiger partial charge in [0.1, 0.15) is 5.75 Å². The zero-order valence-corrected chi connectivity index (χ0v) is 13.3. The third-order valence-electron chi connectivity index (χ3n) is 2.94. The lowest BCUT2D eigenvalue weighted by atomic mass is 10.1. The third-order valence-corrected chi connectivity index (χ3v) is 2.94. The fraction of sp³-hybridized carbons (Fsp3) is 0.167. The SMILES string of the molecule is CCOC(=O)c1ccc(/C=N/NC(=O)COc2ccccc2)cc1. The van der Waals surface area contributed by atoms with Gasteiger partial charge in [0.05, 0.1) is 18.4 Å². The van der Waals surface area contributed by atoms with Crippen LogP contribution in [0.1, 0.15) is 22.8 Å². The average Bonchev–Trinajstić information content (AvgIpc) is 2.61. The lowest BCUT2D eigenvalue weighted by molar-refractivity contribution is -0.123. The molecule has 6 nitrogen and oxygen atoms in total. The second-order valence-corrected chi connectivity index (χ2v) is 4.74. The Morgan fingerprint density at radius 3 is 2.46 bits per heavy atom. The standard InChI is InChI=1S/C18H18N2O4/c1-2-23-18(22)15-10-8-14(9-11-15)12-19-20-17(21)13-24-16-6-4-3-5-7-16/h3-12H,2,13H2,1H3,(H,20,21)/b19-12+. The van der Waals surface area contributed by atoms with E-state index in [0.717, 1.165) is 5.56 Å².